The number of rotatable bonds is 3. The third-order valence-corrected chi connectivity index (χ3v) is 1.97. The molecule has 13 heavy (non-hydrogen) atoms. The molecule has 0 fully saturated rings. The van der Waals surface area contributed by atoms with Gasteiger partial charge < -0.3 is 5.11 Å². The second kappa shape index (κ2) is 4.83. The lowest BCUT2D eigenvalue weighted by molar-refractivity contribution is 0.228. The maximum absolute atomic E-state index is 9.66. The summed E-state index contributed by atoms with van der Waals surface area (Å²) in [5.41, 5.74) is 2.17. The highest BCUT2D eigenvalue weighted by Gasteiger charge is 2.00. The minimum absolute atomic E-state index is 0.458. The molecule has 0 aliphatic heterocycles. The zero-order valence-corrected chi connectivity index (χ0v) is 8.20. The summed E-state index contributed by atoms with van der Waals surface area (Å²) in [6, 6.07) is 7.94. The fourth-order valence-electron chi connectivity index (χ4n) is 1.14. The molecule has 0 radical (unpaired) electrons. The van der Waals surface area contributed by atoms with Gasteiger partial charge in [0.1, 0.15) is 0 Å². The van der Waals surface area contributed by atoms with Crippen molar-refractivity contribution in [2.75, 3.05) is 0 Å². The molecule has 0 aromatic heterocycles. The molecule has 0 bridgehead atoms. The van der Waals surface area contributed by atoms with Crippen LogP contribution in [0.3, 0.4) is 0 Å². The molecule has 0 saturated carbocycles. The van der Waals surface area contributed by atoms with Crippen LogP contribution in [0.25, 0.3) is 0 Å². The topological polar surface area (TPSA) is 20.2 Å². The number of hydrogen-bond donors (Lipinski definition) is 1. The molecule has 0 heterocycles. The highest BCUT2D eigenvalue weighted by atomic mass is 16.3. The van der Waals surface area contributed by atoms with E-state index in [1.807, 2.05) is 43.3 Å². The van der Waals surface area contributed by atoms with Crippen molar-refractivity contribution in [2.24, 2.45) is 0 Å². The molecule has 1 N–H and O–H groups in total. The molecule has 0 aliphatic carbocycles. The summed E-state index contributed by atoms with van der Waals surface area (Å²) >= 11 is 0. The first kappa shape index (κ1) is 10.0. The Balaban J connectivity index is 2.71. The van der Waals surface area contributed by atoms with Crippen LogP contribution < -0.4 is 0 Å². The van der Waals surface area contributed by atoms with Crippen LogP contribution in [0, 0.1) is 6.92 Å². The van der Waals surface area contributed by atoms with E-state index in [4.69, 9.17) is 0 Å². The Hall–Kier alpha value is -1.08. The van der Waals surface area contributed by atoms with E-state index < -0.39 is 6.10 Å². The van der Waals surface area contributed by atoms with Gasteiger partial charge in [-0.2, -0.15) is 0 Å². The van der Waals surface area contributed by atoms with Crippen LogP contribution in [0.2, 0.25) is 0 Å². The highest BCUT2D eigenvalue weighted by molar-refractivity contribution is 5.25. The van der Waals surface area contributed by atoms with Crippen LogP contribution in [0.15, 0.2) is 36.4 Å². The summed E-state index contributed by atoms with van der Waals surface area (Å²) < 4.78 is 0. The highest BCUT2D eigenvalue weighted by Crippen LogP contribution is 2.14. The van der Waals surface area contributed by atoms with E-state index in [-0.39, 0.29) is 0 Å². The van der Waals surface area contributed by atoms with Gasteiger partial charge in [0.05, 0.1) is 6.10 Å². The molecular weight excluding hydrogens is 160 g/mol. The van der Waals surface area contributed by atoms with Crippen LogP contribution in [-0.4, -0.2) is 5.11 Å². The van der Waals surface area contributed by atoms with Gasteiger partial charge in [0.15, 0.2) is 0 Å². The number of aliphatic hydroxyl groups is 1. The van der Waals surface area contributed by atoms with E-state index in [1.54, 1.807) is 0 Å². The maximum Gasteiger partial charge on any atom is 0.0971 e. The first-order chi connectivity index (χ1) is 6.24. The van der Waals surface area contributed by atoms with Crippen LogP contribution in [0.5, 0.6) is 0 Å². The standard InChI is InChI=1S/C12H16O/c1-3-4-5-12(13)11-8-6-10(2)7-9-11/h4-9,12-13H,3H2,1-2H3. The van der Waals surface area contributed by atoms with Crippen molar-refractivity contribution in [3.63, 3.8) is 0 Å². The fourth-order valence-corrected chi connectivity index (χ4v) is 1.14. The second-order valence-corrected chi connectivity index (χ2v) is 3.19. The molecule has 1 atom stereocenters. The molecule has 1 heteroatoms. The predicted octanol–water partition coefficient (Wildman–Crippen LogP) is 2.99. The summed E-state index contributed by atoms with van der Waals surface area (Å²) in [7, 11) is 0. The minimum Gasteiger partial charge on any atom is -0.384 e. The van der Waals surface area contributed by atoms with Crippen molar-refractivity contribution < 1.29 is 5.11 Å². The molecule has 0 spiro atoms. The number of aryl methyl sites for hydroxylation is 1. The van der Waals surface area contributed by atoms with Gasteiger partial charge in [0, 0.05) is 0 Å². The number of allylic oxidation sites excluding steroid dienone is 1. The van der Waals surface area contributed by atoms with E-state index in [0.29, 0.717) is 0 Å². The van der Waals surface area contributed by atoms with E-state index in [2.05, 4.69) is 6.92 Å². The average molecular weight is 176 g/mol. The van der Waals surface area contributed by atoms with Gasteiger partial charge in [-0.3, -0.25) is 0 Å². The summed E-state index contributed by atoms with van der Waals surface area (Å²) in [4.78, 5) is 0. The maximum atomic E-state index is 9.66. The monoisotopic (exact) mass is 176 g/mol. The Labute approximate surface area is 79.7 Å². The minimum atomic E-state index is -0.458. The predicted molar refractivity (Wildman–Crippen MR) is 55.6 cm³/mol. The quantitative estimate of drug-likeness (QED) is 0.702. The molecule has 1 aromatic rings. The van der Waals surface area contributed by atoms with Crippen molar-refractivity contribution in [2.45, 2.75) is 26.4 Å². The molecule has 1 nitrogen and oxygen atoms in total. The number of hydrogen-bond acceptors (Lipinski definition) is 1. The lowest BCUT2D eigenvalue weighted by Gasteiger charge is -2.05. The zero-order valence-electron chi connectivity index (χ0n) is 8.20. The molecular formula is C12H16O. The average Bonchev–Trinajstić information content (AvgIpc) is 2.15. The van der Waals surface area contributed by atoms with Gasteiger partial charge in [0.2, 0.25) is 0 Å². The first-order valence-corrected chi connectivity index (χ1v) is 4.65. The number of benzene rings is 1. The van der Waals surface area contributed by atoms with Crippen molar-refractivity contribution >= 4 is 0 Å². The molecule has 0 aliphatic rings. The van der Waals surface area contributed by atoms with E-state index in [9.17, 15) is 5.11 Å². The molecule has 0 saturated heterocycles. The Morgan fingerprint density at radius 2 is 1.92 bits per heavy atom. The van der Waals surface area contributed by atoms with Crippen molar-refractivity contribution in [1.82, 2.24) is 0 Å². The number of aliphatic hydroxyl groups excluding tert-OH is 1. The zero-order chi connectivity index (χ0) is 9.68. The Kier molecular flexibility index (Phi) is 3.71. The normalized spacial score (nSPS) is 13.5. The molecule has 1 rings (SSSR count). The smallest absolute Gasteiger partial charge is 0.0971 e. The van der Waals surface area contributed by atoms with Crippen LogP contribution in [-0.2, 0) is 0 Å². The van der Waals surface area contributed by atoms with Gasteiger partial charge in [-0.1, -0.05) is 48.9 Å². The third-order valence-electron chi connectivity index (χ3n) is 1.97. The van der Waals surface area contributed by atoms with Gasteiger partial charge in [-0.25, -0.2) is 0 Å². The van der Waals surface area contributed by atoms with Gasteiger partial charge in [-0.15, -0.1) is 0 Å². The summed E-state index contributed by atoms with van der Waals surface area (Å²) in [5.74, 6) is 0. The van der Waals surface area contributed by atoms with Crippen LogP contribution >= 0.6 is 0 Å². The molecule has 70 valence electrons. The van der Waals surface area contributed by atoms with E-state index in [1.165, 1.54) is 5.56 Å². The Bertz CT molecular complexity index is 272. The van der Waals surface area contributed by atoms with E-state index in [0.717, 1.165) is 12.0 Å². The van der Waals surface area contributed by atoms with Gasteiger partial charge >= 0.3 is 0 Å². The van der Waals surface area contributed by atoms with Gasteiger partial charge in [0.25, 0.3) is 0 Å². The van der Waals surface area contributed by atoms with Crippen LogP contribution in [0.1, 0.15) is 30.6 Å². The van der Waals surface area contributed by atoms with Crippen LogP contribution in [0.4, 0.5) is 0 Å². The lowest BCUT2D eigenvalue weighted by atomic mass is 10.1. The Morgan fingerprint density at radius 1 is 1.31 bits per heavy atom. The van der Waals surface area contributed by atoms with Crippen molar-refractivity contribution in [1.29, 1.82) is 0 Å². The summed E-state index contributed by atoms with van der Waals surface area (Å²) in [6.45, 7) is 4.09. The fraction of sp³-hybridized carbons (Fsp3) is 0.333. The van der Waals surface area contributed by atoms with Crippen molar-refractivity contribution in [3.8, 4) is 0 Å². The van der Waals surface area contributed by atoms with Gasteiger partial charge in [-0.05, 0) is 18.9 Å². The second-order valence-electron chi connectivity index (χ2n) is 3.19. The molecule has 1 aromatic carbocycles. The lowest BCUT2D eigenvalue weighted by Crippen LogP contribution is -1.92. The third kappa shape index (κ3) is 3.03. The molecule has 1 unspecified atom stereocenters. The summed E-state index contributed by atoms with van der Waals surface area (Å²) in [5, 5.41) is 9.66. The Morgan fingerprint density at radius 3 is 2.46 bits per heavy atom. The first-order valence-electron chi connectivity index (χ1n) is 4.65. The largest absolute Gasteiger partial charge is 0.384 e. The summed E-state index contributed by atoms with van der Waals surface area (Å²) in [6.07, 6.45) is 4.30. The van der Waals surface area contributed by atoms with E-state index >= 15 is 0 Å². The molecule has 0 amide bonds. The van der Waals surface area contributed by atoms with Crippen molar-refractivity contribution in [3.05, 3.63) is 47.5 Å². The SMILES string of the molecule is CCC=CC(O)c1ccc(C)cc1.